The van der Waals surface area contributed by atoms with Gasteiger partial charge in [-0.25, -0.2) is 4.98 Å². The van der Waals surface area contributed by atoms with E-state index in [1.54, 1.807) is 12.3 Å². The van der Waals surface area contributed by atoms with E-state index in [4.69, 9.17) is 27.9 Å². The normalized spacial score (nSPS) is 15.4. The maximum absolute atomic E-state index is 6.62. The van der Waals surface area contributed by atoms with Crippen LogP contribution in [0.2, 0.25) is 10.2 Å². The summed E-state index contributed by atoms with van der Waals surface area (Å²) < 4.78 is 6.62. The lowest BCUT2D eigenvalue weighted by molar-refractivity contribution is -0.0910. The summed E-state index contributed by atoms with van der Waals surface area (Å²) in [6, 6.07) is 33.2. The van der Waals surface area contributed by atoms with Crippen LogP contribution in [0.1, 0.15) is 34.4 Å². The van der Waals surface area contributed by atoms with E-state index >= 15 is 0 Å². The number of hydrogen-bond donors (Lipinski definition) is 0. The number of nitrogens with zero attached hydrogens (tertiary/aromatic N) is 2. The molecule has 0 amide bonds. The molecular weight excluding hydrogens is 451 g/mol. The summed E-state index contributed by atoms with van der Waals surface area (Å²) in [5.41, 5.74) is 4.28. The number of hydrogen-bond acceptors (Lipinski definition) is 3. The summed E-state index contributed by atoms with van der Waals surface area (Å²) >= 11 is 13.0. The highest BCUT2D eigenvalue weighted by Crippen LogP contribution is 2.39. The monoisotopic (exact) mass is 474 g/mol. The van der Waals surface area contributed by atoms with Crippen LogP contribution in [0.25, 0.3) is 0 Å². The molecule has 1 unspecified atom stereocenters. The average molecular weight is 475 g/mol. The van der Waals surface area contributed by atoms with E-state index < -0.39 is 0 Å². The van der Waals surface area contributed by atoms with Crippen molar-refractivity contribution >= 4 is 23.2 Å². The molecule has 3 aromatic carbocycles. The van der Waals surface area contributed by atoms with Crippen LogP contribution >= 0.6 is 23.2 Å². The second kappa shape index (κ2) is 10.1. The lowest BCUT2D eigenvalue weighted by Crippen LogP contribution is -2.54. The van der Waals surface area contributed by atoms with Crippen LogP contribution in [0.15, 0.2) is 103 Å². The summed E-state index contributed by atoms with van der Waals surface area (Å²) in [5.74, 6) is 0. The van der Waals surface area contributed by atoms with Crippen LogP contribution in [0.4, 0.5) is 0 Å². The number of ether oxygens (including phenoxy) is 1. The Kier molecular flexibility index (Phi) is 6.75. The molecule has 1 fully saturated rings. The molecule has 3 nitrogen and oxygen atoms in total. The van der Waals surface area contributed by atoms with Crippen LogP contribution in [0, 0.1) is 0 Å². The second-order valence-corrected chi connectivity index (χ2v) is 8.99. The highest BCUT2D eigenvalue weighted by Gasteiger charge is 2.37. The molecule has 33 heavy (non-hydrogen) atoms. The smallest absolute Gasteiger partial charge is 0.136 e. The van der Waals surface area contributed by atoms with Crippen molar-refractivity contribution in [3.05, 3.63) is 136 Å². The minimum Gasteiger partial charge on any atom is -0.363 e. The molecule has 1 aromatic heterocycles. The van der Waals surface area contributed by atoms with E-state index in [1.165, 1.54) is 11.1 Å². The lowest BCUT2D eigenvalue weighted by atomic mass is 9.93. The molecule has 5 heteroatoms. The number of benzene rings is 3. The van der Waals surface area contributed by atoms with Crippen molar-refractivity contribution in [2.45, 2.75) is 18.2 Å². The van der Waals surface area contributed by atoms with E-state index in [-0.39, 0.29) is 18.2 Å². The third-order valence-corrected chi connectivity index (χ3v) is 6.68. The Labute approximate surface area is 204 Å². The second-order valence-electron chi connectivity index (χ2n) is 8.22. The van der Waals surface area contributed by atoms with Gasteiger partial charge in [0.1, 0.15) is 11.3 Å². The number of halogens is 2. The number of pyridine rings is 1. The Morgan fingerprint density at radius 1 is 0.727 bits per heavy atom. The average Bonchev–Trinajstić information content (AvgIpc) is 2.83. The molecule has 4 aromatic rings. The van der Waals surface area contributed by atoms with Crippen LogP contribution in [0.5, 0.6) is 0 Å². The summed E-state index contributed by atoms with van der Waals surface area (Å²) in [7, 11) is 0. The first-order chi connectivity index (χ1) is 16.2. The third kappa shape index (κ3) is 4.83. The summed E-state index contributed by atoms with van der Waals surface area (Å²) in [4.78, 5) is 6.70. The molecule has 0 saturated carbocycles. The molecule has 1 atom stereocenters. The molecule has 0 aliphatic carbocycles. The largest absolute Gasteiger partial charge is 0.363 e. The van der Waals surface area contributed by atoms with E-state index in [0.717, 1.165) is 18.7 Å². The molecule has 1 aliphatic heterocycles. The van der Waals surface area contributed by atoms with Gasteiger partial charge < -0.3 is 4.74 Å². The maximum atomic E-state index is 6.62. The maximum Gasteiger partial charge on any atom is 0.136 e. The van der Waals surface area contributed by atoms with E-state index in [2.05, 4.69) is 70.5 Å². The van der Waals surface area contributed by atoms with Gasteiger partial charge in [-0.3, -0.25) is 4.90 Å². The number of aromatic nitrogens is 1. The van der Waals surface area contributed by atoms with Gasteiger partial charge in [0.15, 0.2) is 0 Å². The summed E-state index contributed by atoms with van der Waals surface area (Å²) in [5, 5.41) is 0.936. The van der Waals surface area contributed by atoms with Crippen molar-refractivity contribution in [1.82, 2.24) is 9.88 Å². The zero-order valence-electron chi connectivity index (χ0n) is 18.0. The first-order valence-electron chi connectivity index (χ1n) is 11.0. The Bertz CT molecular complexity index is 1120. The molecule has 5 rings (SSSR count). The van der Waals surface area contributed by atoms with E-state index in [1.807, 2.05) is 30.3 Å². The Balaban J connectivity index is 1.39. The zero-order chi connectivity index (χ0) is 22.6. The van der Waals surface area contributed by atoms with Crippen molar-refractivity contribution < 1.29 is 4.74 Å². The predicted molar refractivity (Wildman–Crippen MR) is 134 cm³/mol. The quantitative estimate of drug-likeness (QED) is 0.270. The van der Waals surface area contributed by atoms with Gasteiger partial charge in [-0.05, 0) is 22.8 Å². The SMILES string of the molecule is Clc1ccnc(Cl)c1C(OC1CN(C(c2ccccc2)c2ccccc2)C1)c1ccccc1. The molecule has 0 spiro atoms. The van der Waals surface area contributed by atoms with E-state index in [0.29, 0.717) is 15.7 Å². The number of rotatable bonds is 7. The molecule has 166 valence electrons. The van der Waals surface area contributed by atoms with Gasteiger partial charge in [-0.15, -0.1) is 0 Å². The van der Waals surface area contributed by atoms with E-state index in [9.17, 15) is 0 Å². The molecule has 2 heterocycles. The molecule has 1 saturated heterocycles. The van der Waals surface area contributed by atoms with Gasteiger partial charge in [-0.2, -0.15) is 0 Å². The fraction of sp³-hybridized carbons (Fsp3) is 0.179. The van der Waals surface area contributed by atoms with Crippen LogP contribution < -0.4 is 0 Å². The standard InChI is InChI=1S/C28H24Cl2N2O/c29-24-16-17-31-28(30)25(24)27(22-14-8-3-9-15-22)33-23-18-32(19-23)26(20-10-4-1-5-11-20)21-12-6-2-7-13-21/h1-17,23,26-27H,18-19H2. The van der Waals surface area contributed by atoms with Gasteiger partial charge in [0, 0.05) is 24.8 Å². The molecular formula is C28H24Cl2N2O. The van der Waals surface area contributed by atoms with Crippen LogP contribution in [-0.2, 0) is 4.74 Å². The fourth-order valence-corrected chi connectivity index (χ4v) is 4.99. The van der Waals surface area contributed by atoms with Crippen molar-refractivity contribution in [2.24, 2.45) is 0 Å². The van der Waals surface area contributed by atoms with Gasteiger partial charge in [0.05, 0.1) is 17.2 Å². The van der Waals surface area contributed by atoms with Crippen LogP contribution in [0.3, 0.4) is 0 Å². The number of likely N-dealkylation sites (tertiary alicyclic amines) is 1. The first-order valence-corrected chi connectivity index (χ1v) is 11.8. The Morgan fingerprint density at radius 3 is 1.76 bits per heavy atom. The minimum atomic E-state index is -0.376. The van der Waals surface area contributed by atoms with Crippen molar-refractivity contribution in [3.8, 4) is 0 Å². The fourth-order valence-electron chi connectivity index (χ4n) is 4.44. The highest BCUT2D eigenvalue weighted by atomic mass is 35.5. The zero-order valence-corrected chi connectivity index (χ0v) is 19.5. The van der Waals surface area contributed by atoms with Crippen molar-refractivity contribution in [3.63, 3.8) is 0 Å². The molecule has 0 radical (unpaired) electrons. The molecule has 1 aliphatic rings. The minimum absolute atomic E-state index is 0.0532. The van der Waals surface area contributed by atoms with Crippen molar-refractivity contribution in [2.75, 3.05) is 13.1 Å². The Hall–Kier alpha value is -2.69. The van der Waals surface area contributed by atoms with Gasteiger partial charge >= 0.3 is 0 Å². The molecule has 0 N–H and O–H groups in total. The third-order valence-electron chi connectivity index (χ3n) is 6.05. The first kappa shape index (κ1) is 22.1. The predicted octanol–water partition coefficient (Wildman–Crippen LogP) is 6.97. The van der Waals surface area contributed by atoms with Gasteiger partial charge in [0.2, 0.25) is 0 Å². The van der Waals surface area contributed by atoms with Crippen LogP contribution in [-0.4, -0.2) is 29.1 Å². The summed E-state index contributed by atoms with van der Waals surface area (Å²) in [6.45, 7) is 1.63. The highest BCUT2D eigenvalue weighted by molar-refractivity contribution is 6.35. The van der Waals surface area contributed by atoms with Gasteiger partial charge in [0.25, 0.3) is 0 Å². The lowest BCUT2D eigenvalue weighted by Gasteiger charge is -2.45. The Morgan fingerprint density at radius 2 is 1.24 bits per heavy atom. The summed E-state index contributed by atoms with van der Waals surface area (Å²) in [6.07, 6.45) is 1.29. The molecule has 0 bridgehead atoms. The van der Waals surface area contributed by atoms with Crippen molar-refractivity contribution in [1.29, 1.82) is 0 Å². The topological polar surface area (TPSA) is 25.4 Å². The van der Waals surface area contributed by atoms with Gasteiger partial charge in [-0.1, -0.05) is 114 Å².